The number of amides is 1. The molecule has 0 aromatic heterocycles. The number of carbonyl (C=O) groups is 2. The Morgan fingerprint density at radius 2 is 1.72 bits per heavy atom. The third-order valence-corrected chi connectivity index (χ3v) is 3.64. The fourth-order valence-corrected chi connectivity index (χ4v) is 2.37. The normalized spacial score (nSPS) is 11.6. The van der Waals surface area contributed by atoms with E-state index in [0.29, 0.717) is 11.1 Å². The number of benzene rings is 2. The largest absolute Gasteiger partial charge is 0.508 e. The Labute approximate surface area is 144 Å². The molecular weight excluding hydrogens is 325 g/mol. The zero-order chi connectivity index (χ0) is 18.4. The van der Waals surface area contributed by atoms with E-state index < -0.39 is 24.9 Å². The molecule has 25 heavy (non-hydrogen) atoms. The van der Waals surface area contributed by atoms with Gasteiger partial charge in [-0.2, -0.15) is 0 Å². The van der Waals surface area contributed by atoms with E-state index in [1.54, 1.807) is 24.3 Å². The molecule has 7 nitrogen and oxygen atoms in total. The predicted octanol–water partition coefficient (Wildman–Crippen LogP) is 0.372. The Kier molecular flexibility index (Phi) is 6.16. The number of rotatable bonds is 7. The summed E-state index contributed by atoms with van der Waals surface area (Å²) in [6.07, 6.45) is 0.0821. The Hall–Kier alpha value is -2.84. The van der Waals surface area contributed by atoms with Crippen molar-refractivity contribution < 1.29 is 29.9 Å². The first kappa shape index (κ1) is 18.5. The molecule has 0 saturated heterocycles. The van der Waals surface area contributed by atoms with Crippen molar-refractivity contribution in [3.8, 4) is 5.75 Å². The van der Waals surface area contributed by atoms with Crippen molar-refractivity contribution in [2.75, 3.05) is 0 Å². The first-order valence-electron chi connectivity index (χ1n) is 7.61. The van der Waals surface area contributed by atoms with Crippen molar-refractivity contribution in [3.05, 3.63) is 65.2 Å². The van der Waals surface area contributed by atoms with Crippen LogP contribution in [0.1, 0.15) is 21.5 Å². The van der Waals surface area contributed by atoms with Gasteiger partial charge in [0.25, 0.3) is 0 Å². The zero-order valence-electron chi connectivity index (χ0n) is 13.3. The first-order valence-corrected chi connectivity index (χ1v) is 7.61. The smallest absolute Gasteiger partial charge is 0.475 e. The summed E-state index contributed by atoms with van der Waals surface area (Å²) in [6, 6.07) is 12.2. The van der Waals surface area contributed by atoms with Crippen LogP contribution < -0.4 is 5.32 Å². The van der Waals surface area contributed by atoms with Gasteiger partial charge in [-0.25, -0.2) is 4.79 Å². The number of aromatic carboxylic acids is 1. The monoisotopic (exact) mass is 343 g/mol. The molecule has 1 amide bonds. The fourth-order valence-electron chi connectivity index (χ4n) is 2.37. The molecule has 0 radical (unpaired) electrons. The minimum absolute atomic E-state index is 0.0126. The summed E-state index contributed by atoms with van der Waals surface area (Å²) in [5.41, 5.74) is 1.30. The molecule has 5 N–H and O–H groups in total. The van der Waals surface area contributed by atoms with Crippen LogP contribution in [0.4, 0.5) is 0 Å². The molecular formula is C17H18BNO6. The van der Waals surface area contributed by atoms with Gasteiger partial charge < -0.3 is 25.6 Å². The van der Waals surface area contributed by atoms with Crippen LogP contribution >= 0.6 is 0 Å². The van der Waals surface area contributed by atoms with Gasteiger partial charge in [0, 0.05) is 0 Å². The number of carboxylic acid groups (broad SMARTS) is 1. The van der Waals surface area contributed by atoms with E-state index >= 15 is 0 Å². The number of carbonyl (C=O) groups excluding carboxylic acids is 1. The van der Waals surface area contributed by atoms with Crippen LogP contribution in [0.2, 0.25) is 0 Å². The number of nitrogens with one attached hydrogen (secondary N) is 1. The van der Waals surface area contributed by atoms with E-state index in [4.69, 9.17) is 5.11 Å². The van der Waals surface area contributed by atoms with Crippen LogP contribution in [0, 0.1) is 0 Å². The lowest BCUT2D eigenvalue weighted by Gasteiger charge is -2.18. The summed E-state index contributed by atoms with van der Waals surface area (Å²) in [5.74, 6) is -2.39. The van der Waals surface area contributed by atoms with E-state index in [0.717, 1.165) is 0 Å². The minimum atomic E-state index is -1.79. The van der Waals surface area contributed by atoms with Crippen molar-refractivity contribution in [2.24, 2.45) is 0 Å². The Morgan fingerprint density at radius 3 is 2.32 bits per heavy atom. The van der Waals surface area contributed by atoms with Crippen LogP contribution in [0.3, 0.4) is 0 Å². The lowest BCUT2D eigenvalue weighted by Crippen LogP contribution is -2.48. The van der Waals surface area contributed by atoms with Gasteiger partial charge in [0.05, 0.1) is 17.9 Å². The standard InChI is InChI=1S/C17H18BNO6/c20-14-6-4-11(5-7-14)10-16(21)19-15(18(24)25)9-12-2-1-3-13(8-12)17(22)23/h1-8,15,20,24-25H,9-10H2,(H,19,21)(H,22,23)/t15-/m0/s1. The quantitative estimate of drug-likeness (QED) is 0.463. The molecule has 1 atom stereocenters. The first-order chi connectivity index (χ1) is 11.8. The number of aromatic hydroxyl groups is 1. The summed E-state index contributed by atoms with van der Waals surface area (Å²) in [5, 5.41) is 39.7. The van der Waals surface area contributed by atoms with Crippen molar-refractivity contribution in [1.29, 1.82) is 0 Å². The molecule has 2 aromatic carbocycles. The highest BCUT2D eigenvalue weighted by Gasteiger charge is 2.25. The maximum absolute atomic E-state index is 12.1. The molecule has 0 bridgehead atoms. The van der Waals surface area contributed by atoms with Crippen molar-refractivity contribution >= 4 is 19.0 Å². The van der Waals surface area contributed by atoms with E-state index in [1.165, 1.54) is 24.3 Å². The molecule has 0 spiro atoms. The molecule has 0 heterocycles. The second-order valence-corrected chi connectivity index (χ2v) is 5.64. The molecule has 8 heteroatoms. The van der Waals surface area contributed by atoms with Gasteiger partial charge in [0.2, 0.25) is 5.91 Å². The molecule has 0 unspecified atom stereocenters. The van der Waals surface area contributed by atoms with Crippen LogP contribution in [-0.4, -0.2) is 45.2 Å². The summed E-state index contributed by atoms with van der Waals surface area (Å²) >= 11 is 0. The molecule has 2 aromatic rings. The van der Waals surface area contributed by atoms with Crippen LogP contribution in [0.25, 0.3) is 0 Å². The number of phenols is 1. The number of hydrogen-bond donors (Lipinski definition) is 5. The predicted molar refractivity (Wildman–Crippen MR) is 91.0 cm³/mol. The van der Waals surface area contributed by atoms with E-state index in [2.05, 4.69) is 5.32 Å². The maximum atomic E-state index is 12.1. The Morgan fingerprint density at radius 1 is 1.04 bits per heavy atom. The van der Waals surface area contributed by atoms with Gasteiger partial charge in [0.1, 0.15) is 5.75 Å². The highest BCUT2D eigenvalue weighted by atomic mass is 16.4. The minimum Gasteiger partial charge on any atom is -0.508 e. The molecule has 0 aliphatic heterocycles. The van der Waals surface area contributed by atoms with Gasteiger partial charge >= 0.3 is 13.1 Å². The maximum Gasteiger partial charge on any atom is 0.475 e. The number of carboxylic acids is 1. The molecule has 0 fully saturated rings. The SMILES string of the molecule is O=C(Cc1ccc(O)cc1)N[C@@H](Cc1cccc(C(=O)O)c1)B(O)O. The van der Waals surface area contributed by atoms with Gasteiger partial charge in [0.15, 0.2) is 0 Å². The average Bonchev–Trinajstić information content (AvgIpc) is 2.56. The summed E-state index contributed by atoms with van der Waals surface area (Å²) in [4.78, 5) is 23.1. The third-order valence-electron chi connectivity index (χ3n) is 3.64. The van der Waals surface area contributed by atoms with Crippen LogP contribution in [0.5, 0.6) is 5.75 Å². The molecule has 2 rings (SSSR count). The van der Waals surface area contributed by atoms with Gasteiger partial charge in [-0.05, 0) is 41.8 Å². The van der Waals surface area contributed by atoms with Crippen LogP contribution in [-0.2, 0) is 17.6 Å². The summed E-state index contributed by atoms with van der Waals surface area (Å²) in [7, 11) is -1.79. The fraction of sp³-hybridized carbons (Fsp3) is 0.176. The summed E-state index contributed by atoms with van der Waals surface area (Å²) in [6.45, 7) is 0. The molecule has 0 saturated carbocycles. The van der Waals surface area contributed by atoms with Crippen molar-refractivity contribution in [1.82, 2.24) is 5.32 Å². The average molecular weight is 343 g/mol. The lowest BCUT2D eigenvalue weighted by atomic mass is 9.75. The Balaban J connectivity index is 2.02. The number of phenolic OH excluding ortho intramolecular Hbond substituents is 1. The summed E-state index contributed by atoms with van der Waals surface area (Å²) < 4.78 is 0. The topological polar surface area (TPSA) is 127 Å². The lowest BCUT2D eigenvalue weighted by molar-refractivity contribution is -0.120. The van der Waals surface area contributed by atoms with Gasteiger partial charge in [-0.3, -0.25) is 4.79 Å². The van der Waals surface area contributed by atoms with E-state index in [1.807, 2.05) is 0 Å². The second-order valence-electron chi connectivity index (χ2n) is 5.64. The second kappa shape index (κ2) is 8.32. The molecule has 0 aliphatic rings. The zero-order valence-corrected chi connectivity index (χ0v) is 13.3. The van der Waals surface area contributed by atoms with E-state index in [-0.39, 0.29) is 24.2 Å². The highest BCUT2D eigenvalue weighted by Crippen LogP contribution is 2.11. The van der Waals surface area contributed by atoms with Gasteiger partial charge in [-0.1, -0.05) is 24.3 Å². The Bertz CT molecular complexity index is 747. The molecule has 0 aliphatic carbocycles. The van der Waals surface area contributed by atoms with E-state index in [9.17, 15) is 24.7 Å². The van der Waals surface area contributed by atoms with Crippen molar-refractivity contribution in [3.63, 3.8) is 0 Å². The van der Waals surface area contributed by atoms with Gasteiger partial charge in [-0.15, -0.1) is 0 Å². The number of hydrogen-bond acceptors (Lipinski definition) is 5. The van der Waals surface area contributed by atoms with Crippen molar-refractivity contribution in [2.45, 2.75) is 18.8 Å². The molecule has 130 valence electrons. The highest BCUT2D eigenvalue weighted by molar-refractivity contribution is 6.43. The van der Waals surface area contributed by atoms with Crippen LogP contribution in [0.15, 0.2) is 48.5 Å². The third kappa shape index (κ3) is 5.63.